The van der Waals surface area contributed by atoms with Gasteiger partial charge in [-0.1, -0.05) is 41.9 Å². The quantitative estimate of drug-likeness (QED) is 0.618. The molecule has 8 heteroatoms. The Kier molecular flexibility index (Phi) is 5.33. The maximum atomic E-state index is 15.4. The molecule has 3 aromatic rings. The molecular formula is C23H19ClF2N2O3. The number of halogens is 3. The van der Waals surface area contributed by atoms with Crippen LogP contribution in [0.5, 0.6) is 11.5 Å². The van der Waals surface area contributed by atoms with Crippen LogP contribution in [0.1, 0.15) is 21.5 Å². The summed E-state index contributed by atoms with van der Waals surface area (Å²) in [5.41, 5.74) is 11.4. The van der Waals surface area contributed by atoms with Gasteiger partial charge in [0.1, 0.15) is 11.6 Å². The number of methoxy groups -OCH3 is 1. The van der Waals surface area contributed by atoms with Crippen molar-refractivity contribution in [1.82, 2.24) is 0 Å². The van der Waals surface area contributed by atoms with E-state index in [2.05, 4.69) is 0 Å². The maximum Gasteiger partial charge on any atom is 0.249 e. The van der Waals surface area contributed by atoms with Gasteiger partial charge in [-0.3, -0.25) is 4.79 Å². The van der Waals surface area contributed by atoms with Gasteiger partial charge in [0.15, 0.2) is 17.2 Å². The number of ether oxygens (including phenoxy) is 2. The smallest absolute Gasteiger partial charge is 0.249 e. The van der Waals surface area contributed by atoms with E-state index in [4.69, 9.17) is 32.5 Å². The van der Waals surface area contributed by atoms with Crippen LogP contribution in [-0.2, 0) is 12.0 Å². The molecule has 1 aliphatic heterocycles. The minimum atomic E-state index is -1.00. The summed E-state index contributed by atoms with van der Waals surface area (Å²) in [5, 5.41) is -0.349. The molecule has 0 radical (unpaired) electrons. The molecule has 0 bridgehead atoms. The van der Waals surface area contributed by atoms with Gasteiger partial charge in [-0.15, -0.1) is 0 Å². The summed E-state index contributed by atoms with van der Waals surface area (Å²) in [5.74, 6) is -2.56. The molecule has 160 valence electrons. The lowest BCUT2D eigenvalue weighted by molar-refractivity contribution is 0.1000. The molecule has 4 N–H and O–H groups in total. The van der Waals surface area contributed by atoms with E-state index in [1.54, 1.807) is 0 Å². The van der Waals surface area contributed by atoms with Crippen molar-refractivity contribution in [2.24, 2.45) is 11.5 Å². The topological polar surface area (TPSA) is 87.6 Å². The lowest BCUT2D eigenvalue weighted by atomic mass is 9.85. The van der Waals surface area contributed by atoms with Crippen LogP contribution in [0.3, 0.4) is 0 Å². The third kappa shape index (κ3) is 3.30. The molecule has 0 saturated heterocycles. The summed E-state index contributed by atoms with van der Waals surface area (Å²) in [6, 6.07) is 12.9. The highest BCUT2D eigenvalue weighted by Gasteiger charge is 2.43. The van der Waals surface area contributed by atoms with Crippen LogP contribution in [-0.4, -0.2) is 19.6 Å². The van der Waals surface area contributed by atoms with Gasteiger partial charge in [-0.2, -0.15) is 0 Å². The van der Waals surface area contributed by atoms with E-state index in [1.165, 1.54) is 19.2 Å². The number of nitrogens with two attached hydrogens (primary N) is 2. The highest BCUT2D eigenvalue weighted by atomic mass is 35.5. The highest BCUT2D eigenvalue weighted by molar-refractivity contribution is 6.34. The summed E-state index contributed by atoms with van der Waals surface area (Å²) < 4.78 is 41.4. The largest absolute Gasteiger partial charge is 0.494 e. The number of fused-ring (bicyclic) bond motifs is 1. The third-order valence-electron chi connectivity index (χ3n) is 5.53. The number of carbonyl (C=O) groups excluding carboxylic acids is 1. The van der Waals surface area contributed by atoms with E-state index in [9.17, 15) is 9.18 Å². The number of benzene rings is 3. The molecular weight excluding hydrogens is 426 g/mol. The Morgan fingerprint density at radius 3 is 2.52 bits per heavy atom. The Morgan fingerprint density at radius 2 is 1.90 bits per heavy atom. The Hall–Kier alpha value is -3.16. The van der Waals surface area contributed by atoms with Crippen molar-refractivity contribution in [3.05, 3.63) is 81.9 Å². The van der Waals surface area contributed by atoms with Crippen molar-refractivity contribution in [2.45, 2.75) is 12.0 Å². The number of carbonyl (C=O) groups is 1. The second-order valence-corrected chi connectivity index (χ2v) is 7.61. The van der Waals surface area contributed by atoms with E-state index in [1.807, 2.05) is 30.3 Å². The predicted octanol–water partition coefficient (Wildman–Crippen LogP) is 4.18. The van der Waals surface area contributed by atoms with Gasteiger partial charge >= 0.3 is 0 Å². The molecule has 1 amide bonds. The molecule has 0 unspecified atom stereocenters. The summed E-state index contributed by atoms with van der Waals surface area (Å²) in [6.45, 7) is 0.0770. The van der Waals surface area contributed by atoms with Gasteiger partial charge < -0.3 is 20.9 Å². The Bertz CT molecular complexity index is 1190. The van der Waals surface area contributed by atoms with Crippen LogP contribution in [0.25, 0.3) is 11.1 Å². The summed E-state index contributed by atoms with van der Waals surface area (Å²) in [6.07, 6.45) is 0.188. The molecule has 0 aromatic heterocycles. The van der Waals surface area contributed by atoms with E-state index in [-0.39, 0.29) is 46.2 Å². The Balaban J connectivity index is 2.01. The van der Waals surface area contributed by atoms with Crippen LogP contribution >= 0.6 is 11.6 Å². The van der Waals surface area contributed by atoms with Crippen molar-refractivity contribution in [1.29, 1.82) is 0 Å². The zero-order valence-electron chi connectivity index (χ0n) is 16.5. The van der Waals surface area contributed by atoms with Crippen molar-refractivity contribution in [3.63, 3.8) is 0 Å². The van der Waals surface area contributed by atoms with Crippen molar-refractivity contribution in [2.75, 3.05) is 13.7 Å². The fraction of sp³-hybridized carbons (Fsp3) is 0.174. The second-order valence-electron chi connectivity index (χ2n) is 7.24. The average Bonchev–Trinajstić information content (AvgIpc) is 3.15. The fourth-order valence-electron chi connectivity index (χ4n) is 4.00. The molecule has 0 fully saturated rings. The normalized spacial score (nSPS) is 17.2. The summed E-state index contributed by atoms with van der Waals surface area (Å²) >= 11 is 6.32. The molecule has 4 rings (SSSR count). The van der Waals surface area contributed by atoms with E-state index in [0.717, 1.165) is 11.6 Å². The number of rotatable bonds is 5. The SMILES string of the molecule is COc1ccc(C(N)=O)c(-c2c(Cl)c(F)cc3c2C[C@@](CN)(c2ccccc2)O3)c1F. The third-order valence-corrected chi connectivity index (χ3v) is 5.89. The first kappa shape index (κ1) is 21.1. The molecule has 5 nitrogen and oxygen atoms in total. The van der Waals surface area contributed by atoms with E-state index < -0.39 is 23.1 Å². The zero-order chi connectivity index (χ0) is 22.3. The van der Waals surface area contributed by atoms with Gasteiger partial charge in [0.2, 0.25) is 5.91 Å². The standard InChI is InChI=1S/C23H19ClF2N2O3/c1-30-16-8-7-13(22(28)29)19(21(16)26)18-14-10-23(11-27,12-5-3-2-4-6-12)31-17(14)9-15(25)20(18)24/h2-9H,10-11,27H2,1H3,(H2,28,29)/t23-/m1/s1. The summed E-state index contributed by atoms with van der Waals surface area (Å²) in [4.78, 5) is 12.1. The zero-order valence-corrected chi connectivity index (χ0v) is 17.3. The van der Waals surface area contributed by atoms with Gasteiger partial charge in [0.25, 0.3) is 0 Å². The Labute approximate surface area is 182 Å². The van der Waals surface area contributed by atoms with Crippen molar-refractivity contribution in [3.8, 4) is 22.6 Å². The van der Waals surface area contributed by atoms with Gasteiger partial charge in [-0.05, 0) is 17.7 Å². The first-order valence-corrected chi connectivity index (χ1v) is 9.83. The van der Waals surface area contributed by atoms with Crippen molar-refractivity contribution >= 4 is 17.5 Å². The number of hydrogen-bond donors (Lipinski definition) is 2. The van der Waals surface area contributed by atoms with Crippen LogP contribution < -0.4 is 20.9 Å². The first-order chi connectivity index (χ1) is 14.8. The van der Waals surface area contributed by atoms with Gasteiger partial charge in [-0.25, -0.2) is 8.78 Å². The van der Waals surface area contributed by atoms with Gasteiger partial charge in [0, 0.05) is 35.7 Å². The molecule has 1 heterocycles. The lowest BCUT2D eigenvalue weighted by Crippen LogP contribution is -2.39. The minimum absolute atomic E-state index is 0.00637. The molecule has 31 heavy (non-hydrogen) atoms. The first-order valence-electron chi connectivity index (χ1n) is 9.45. The highest BCUT2D eigenvalue weighted by Crippen LogP contribution is 2.50. The number of primary amides is 1. The van der Waals surface area contributed by atoms with Crippen LogP contribution in [0, 0.1) is 11.6 Å². The van der Waals surface area contributed by atoms with Crippen molar-refractivity contribution < 1.29 is 23.0 Å². The van der Waals surface area contributed by atoms with Crippen LogP contribution in [0.15, 0.2) is 48.5 Å². The van der Waals surface area contributed by atoms with E-state index >= 15 is 4.39 Å². The Morgan fingerprint density at radius 1 is 1.19 bits per heavy atom. The van der Waals surface area contributed by atoms with Crippen LogP contribution in [0.2, 0.25) is 5.02 Å². The van der Waals surface area contributed by atoms with Gasteiger partial charge in [0.05, 0.1) is 17.7 Å². The molecule has 0 spiro atoms. The summed E-state index contributed by atoms with van der Waals surface area (Å²) in [7, 11) is 1.28. The molecule has 3 aromatic carbocycles. The lowest BCUT2D eigenvalue weighted by Gasteiger charge is -2.27. The maximum absolute atomic E-state index is 15.4. The number of hydrogen-bond acceptors (Lipinski definition) is 4. The van der Waals surface area contributed by atoms with Crippen LogP contribution in [0.4, 0.5) is 8.78 Å². The monoisotopic (exact) mass is 444 g/mol. The molecule has 1 atom stereocenters. The average molecular weight is 445 g/mol. The predicted molar refractivity (Wildman–Crippen MR) is 113 cm³/mol. The molecule has 0 aliphatic carbocycles. The van der Waals surface area contributed by atoms with E-state index in [0.29, 0.717) is 5.56 Å². The molecule has 0 saturated carbocycles. The fourth-order valence-corrected chi connectivity index (χ4v) is 4.26. The molecule has 1 aliphatic rings. The number of amides is 1. The minimum Gasteiger partial charge on any atom is -0.494 e. The second kappa shape index (κ2) is 7.83.